The maximum Gasteiger partial charge on any atom is 0.318 e. The average Bonchev–Trinajstić information content (AvgIpc) is 2.26. The number of carbonyl (C=O) groups excluding carboxylic acids is 2. The highest BCUT2D eigenvalue weighted by Gasteiger charge is 2.31. The van der Waals surface area contributed by atoms with Crippen LogP contribution in [0, 0.1) is 6.92 Å². The van der Waals surface area contributed by atoms with Gasteiger partial charge in [-0.15, -0.1) is 0 Å². The molecule has 1 aromatic rings. The van der Waals surface area contributed by atoms with Crippen molar-refractivity contribution >= 4 is 27.5 Å². The Labute approximate surface area is 110 Å². The monoisotopic (exact) mass is 285 g/mol. The number of anilines is 1. The molecule has 0 saturated heterocycles. The van der Waals surface area contributed by atoms with Crippen LogP contribution in [-0.2, 0) is 14.6 Å². The van der Waals surface area contributed by atoms with Crippen molar-refractivity contribution < 1.29 is 18.0 Å². The van der Waals surface area contributed by atoms with Crippen molar-refractivity contribution in [3.8, 4) is 0 Å². The molecule has 0 fully saturated rings. The fraction of sp³-hybridized carbons (Fsp3) is 0.273. The molecule has 3 amide bonds. The lowest BCUT2D eigenvalue weighted by Gasteiger charge is -2.13. The Morgan fingerprint density at radius 1 is 1.32 bits per heavy atom. The quantitative estimate of drug-likeness (QED) is 0.669. The molecule has 0 bridgehead atoms. The molecule has 0 aliphatic rings. The number of amides is 3. The van der Waals surface area contributed by atoms with Crippen LogP contribution in [-0.4, -0.2) is 25.6 Å². The number of nitrogen functional groups attached to an aromatic ring is 1. The lowest BCUT2D eigenvalue weighted by Crippen LogP contribution is -2.43. The lowest BCUT2D eigenvalue weighted by atomic mass is 10.2. The third kappa shape index (κ3) is 3.22. The molecule has 1 rings (SSSR count). The summed E-state index contributed by atoms with van der Waals surface area (Å²) < 4.78 is 24.4. The van der Waals surface area contributed by atoms with Crippen LogP contribution in [0.15, 0.2) is 23.1 Å². The number of imide groups is 1. The van der Waals surface area contributed by atoms with Gasteiger partial charge < -0.3 is 11.5 Å². The minimum Gasteiger partial charge on any atom is -0.398 e. The second-order valence-corrected chi connectivity index (χ2v) is 6.32. The second-order valence-electron chi connectivity index (χ2n) is 4.08. The van der Waals surface area contributed by atoms with E-state index in [-0.39, 0.29) is 10.6 Å². The van der Waals surface area contributed by atoms with E-state index in [0.29, 0.717) is 0 Å². The van der Waals surface area contributed by atoms with Crippen molar-refractivity contribution in [1.29, 1.82) is 0 Å². The molecule has 1 unspecified atom stereocenters. The zero-order chi connectivity index (χ0) is 14.8. The Balaban J connectivity index is 3.16. The second kappa shape index (κ2) is 5.27. The van der Waals surface area contributed by atoms with E-state index in [1.807, 2.05) is 0 Å². The summed E-state index contributed by atoms with van der Waals surface area (Å²) in [5, 5.41) is 0.262. The van der Waals surface area contributed by atoms with Gasteiger partial charge in [0, 0.05) is 0 Å². The molecule has 1 aromatic carbocycles. The SMILES string of the molecule is Cc1ccc(S(=O)(=O)C(C)C(=O)NC(N)=O)c(N)c1. The molecule has 19 heavy (non-hydrogen) atoms. The summed E-state index contributed by atoms with van der Waals surface area (Å²) in [5.74, 6) is -0.993. The Hall–Kier alpha value is -2.09. The van der Waals surface area contributed by atoms with E-state index in [1.54, 1.807) is 18.3 Å². The van der Waals surface area contributed by atoms with E-state index < -0.39 is 27.0 Å². The Bertz CT molecular complexity index is 625. The molecule has 0 radical (unpaired) electrons. The summed E-state index contributed by atoms with van der Waals surface area (Å²) in [6.07, 6.45) is 0. The van der Waals surface area contributed by atoms with Crippen LogP contribution in [0.1, 0.15) is 12.5 Å². The molecular weight excluding hydrogens is 270 g/mol. The van der Waals surface area contributed by atoms with Gasteiger partial charge >= 0.3 is 6.03 Å². The minimum absolute atomic E-state index is 0.0544. The van der Waals surface area contributed by atoms with Gasteiger partial charge in [-0.25, -0.2) is 13.2 Å². The molecule has 0 spiro atoms. The summed E-state index contributed by atoms with van der Waals surface area (Å²) in [7, 11) is -3.98. The van der Waals surface area contributed by atoms with Crippen LogP contribution in [0.4, 0.5) is 10.5 Å². The first-order valence-corrected chi connectivity index (χ1v) is 6.91. The van der Waals surface area contributed by atoms with E-state index in [1.165, 1.54) is 12.1 Å². The Kier molecular flexibility index (Phi) is 4.15. The zero-order valence-corrected chi connectivity index (χ0v) is 11.3. The van der Waals surface area contributed by atoms with Gasteiger partial charge in [0.05, 0.1) is 10.6 Å². The van der Waals surface area contributed by atoms with Crippen molar-refractivity contribution in [1.82, 2.24) is 5.32 Å². The topological polar surface area (TPSA) is 132 Å². The molecular formula is C11H15N3O4S. The highest BCUT2D eigenvalue weighted by Crippen LogP contribution is 2.23. The van der Waals surface area contributed by atoms with E-state index in [0.717, 1.165) is 12.5 Å². The predicted molar refractivity (Wildman–Crippen MR) is 70.0 cm³/mol. The molecule has 0 aromatic heterocycles. The smallest absolute Gasteiger partial charge is 0.318 e. The Morgan fingerprint density at radius 2 is 1.89 bits per heavy atom. The summed E-state index contributed by atoms with van der Waals surface area (Å²) in [4.78, 5) is 21.9. The van der Waals surface area contributed by atoms with Gasteiger partial charge in [0.2, 0.25) is 5.91 Å². The maximum absolute atomic E-state index is 12.2. The van der Waals surface area contributed by atoms with Gasteiger partial charge in [-0.1, -0.05) is 6.07 Å². The number of primary amides is 1. The number of hydrogen-bond acceptors (Lipinski definition) is 5. The van der Waals surface area contributed by atoms with E-state index in [2.05, 4.69) is 0 Å². The molecule has 0 heterocycles. The van der Waals surface area contributed by atoms with Crippen molar-refractivity contribution in [3.63, 3.8) is 0 Å². The van der Waals surface area contributed by atoms with Gasteiger partial charge in [-0.3, -0.25) is 10.1 Å². The van der Waals surface area contributed by atoms with Gasteiger partial charge in [-0.05, 0) is 31.5 Å². The normalized spacial score (nSPS) is 12.7. The van der Waals surface area contributed by atoms with E-state index in [9.17, 15) is 18.0 Å². The van der Waals surface area contributed by atoms with Crippen LogP contribution < -0.4 is 16.8 Å². The highest BCUT2D eigenvalue weighted by atomic mass is 32.2. The number of hydrogen-bond donors (Lipinski definition) is 3. The number of nitrogens with two attached hydrogens (primary N) is 2. The predicted octanol–water partition coefficient (Wildman–Crippen LogP) is -0.0657. The maximum atomic E-state index is 12.2. The molecule has 5 N–H and O–H groups in total. The largest absolute Gasteiger partial charge is 0.398 e. The van der Waals surface area contributed by atoms with Crippen molar-refractivity contribution in [2.75, 3.05) is 5.73 Å². The molecule has 7 nitrogen and oxygen atoms in total. The molecule has 1 atom stereocenters. The number of aryl methyl sites for hydroxylation is 1. The summed E-state index contributed by atoms with van der Waals surface area (Å²) in [5.41, 5.74) is 11.3. The van der Waals surface area contributed by atoms with E-state index in [4.69, 9.17) is 11.5 Å². The third-order valence-electron chi connectivity index (χ3n) is 2.55. The van der Waals surface area contributed by atoms with Crippen molar-refractivity contribution in [2.24, 2.45) is 5.73 Å². The fourth-order valence-electron chi connectivity index (χ4n) is 1.48. The van der Waals surface area contributed by atoms with Crippen LogP contribution in [0.2, 0.25) is 0 Å². The van der Waals surface area contributed by atoms with Crippen molar-refractivity contribution in [2.45, 2.75) is 24.0 Å². The first kappa shape index (κ1) is 15.0. The first-order chi connectivity index (χ1) is 8.66. The third-order valence-corrected chi connectivity index (χ3v) is 4.68. The van der Waals surface area contributed by atoms with E-state index >= 15 is 0 Å². The fourth-order valence-corrected chi connectivity index (χ4v) is 2.85. The molecule has 0 saturated carbocycles. The number of urea groups is 1. The van der Waals surface area contributed by atoms with Gasteiger partial charge in [0.25, 0.3) is 0 Å². The van der Waals surface area contributed by atoms with Crippen LogP contribution in [0.3, 0.4) is 0 Å². The van der Waals surface area contributed by atoms with Crippen LogP contribution >= 0.6 is 0 Å². The summed E-state index contributed by atoms with van der Waals surface area (Å²) >= 11 is 0. The number of benzene rings is 1. The van der Waals surface area contributed by atoms with Gasteiger partial charge in [-0.2, -0.15) is 0 Å². The Morgan fingerprint density at radius 3 is 2.37 bits per heavy atom. The zero-order valence-electron chi connectivity index (χ0n) is 10.5. The summed E-state index contributed by atoms with van der Waals surface area (Å²) in [6, 6.07) is 3.28. The molecule has 104 valence electrons. The highest BCUT2D eigenvalue weighted by molar-refractivity contribution is 7.93. The average molecular weight is 285 g/mol. The lowest BCUT2D eigenvalue weighted by molar-refractivity contribution is -0.119. The number of carbonyl (C=O) groups is 2. The van der Waals surface area contributed by atoms with Crippen LogP contribution in [0.25, 0.3) is 0 Å². The van der Waals surface area contributed by atoms with Crippen molar-refractivity contribution in [3.05, 3.63) is 23.8 Å². The van der Waals surface area contributed by atoms with Gasteiger partial charge in [0.1, 0.15) is 5.25 Å². The summed E-state index contributed by atoms with van der Waals surface area (Å²) in [6.45, 7) is 2.92. The number of nitrogens with one attached hydrogen (secondary N) is 1. The molecule has 0 aliphatic heterocycles. The minimum atomic E-state index is -3.98. The number of rotatable bonds is 3. The first-order valence-electron chi connectivity index (χ1n) is 5.36. The van der Waals surface area contributed by atoms with Crippen LogP contribution in [0.5, 0.6) is 0 Å². The molecule has 0 aliphatic carbocycles. The molecule has 8 heteroatoms. The van der Waals surface area contributed by atoms with Gasteiger partial charge in [0.15, 0.2) is 9.84 Å². The standard InChI is InChI=1S/C11H15N3O4S/c1-6-3-4-9(8(12)5-6)19(17,18)7(2)10(15)14-11(13)16/h3-5,7H,12H2,1-2H3,(H3,13,14,15,16). The number of sulfone groups is 1.